The first-order valence-corrected chi connectivity index (χ1v) is 7.29. The van der Waals surface area contributed by atoms with Crippen LogP contribution in [0.1, 0.15) is 29.8 Å². The number of hydrogen-bond acceptors (Lipinski definition) is 6. The van der Waals surface area contributed by atoms with E-state index >= 15 is 0 Å². The first-order valence-electron chi connectivity index (χ1n) is 6.24. The molecule has 1 unspecified atom stereocenters. The van der Waals surface area contributed by atoms with Crippen molar-refractivity contribution in [2.75, 3.05) is 11.5 Å². The van der Waals surface area contributed by atoms with Crippen molar-refractivity contribution in [1.29, 1.82) is 0 Å². The predicted molar refractivity (Wildman–Crippen MR) is 73.9 cm³/mol. The highest BCUT2D eigenvalue weighted by Crippen LogP contribution is 2.38. The van der Waals surface area contributed by atoms with E-state index in [4.69, 9.17) is 15.0 Å². The molecular formula is C13H15N3O2S. The van der Waals surface area contributed by atoms with Crippen LogP contribution >= 0.6 is 11.8 Å². The van der Waals surface area contributed by atoms with Gasteiger partial charge in [-0.2, -0.15) is 16.7 Å². The zero-order valence-corrected chi connectivity index (χ0v) is 11.2. The van der Waals surface area contributed by atoms with Crippen molar-refractivity contribution in [3.8, 4) is 5.75 Å². The second-order valence-corrected chi connectivity index (χ2v) is 5.69. The predicted octanol–water partition coefficient (Wildman–Crippen LogP) is 2.80. The average molecular weight is 277 g/mol. The number of aromatic nitrogens is 2. The van der Waals surface area contributed by atoms with Crippen molar-refractivity contribution in [2.45, 2.75) is 24.7 Å². The minimum Gasteiger partial charge on any atom is -0.482 e. The van der Waals surface area contributed by atoms with Gasteiger partial charge in [0.05, 0.1) is 10.9 Å². The van der Waals surface area contributed by atoms with E-state index in [-0.39, 0.29) is 6.61 Å². The Morgan fingerprint density at radius 1 is 1.42 bits per heavy atom. The van der Waals surface area contributed by atoms with Crippen LogP contribution in [0.5, 0.6) is 5.75 Å². The Morgan fingerprint density at radius 3 is 3.11 bits per heavy atom. The molecule has 1 aromatic carbocycles. The molecule has 6 heteroatoms. The van der Waals surface area contributed by atoms with Crippen LogP contribution in [0.2, 0.25) is 0 Å². The Labute approximate surface area is 115 Å². The third kappa shape index (κ3) is 2.84. The maximum Gasteiger partial charge on any atom is 0.264 e. The molecule has 0 bridgehead atoms. The molecule has 1 aromatic heterocycles. The van der Waals surface area contributed by atoms with Crippen LogP contribution in [0.3, 0.4) is 0 Å². The number of rotatable bonds is 4. The zero-order chi connectivity index (χ0) is 13.1. The third-order valence-corrected chi connectivity index (χ3v) is 4.34. The van der Waals surface area contributed by atoms with Crippen molar-refractivity contribution >= 4 is 17.4 Å². The summed E-state index contributed by atoms with van der Waals surface area (Å²) in [4.78, 5) is 4.37. The van der Waals surface area contributed by atoms with Crippen molar-refractivity contribution in [1.82, 2.24) is 10.1 Å². The molecule has 1 saturated heterocycles. The molecule has 100 valence electrons. The van der Waals surface area contributed by atoms with Gasteiger partial charge < -0.3 is 15.0 Å². The number of nitrogens with zero attached hydrogens (tertiary/aromatic N) is 2. The summed E-state index contributed by atoms with van der Waals surface area (Å²) in [7, 11) is 0. The highest BCUT2D eigenvalue weighted by molar-refractivity contribution is 7.99. The monoisotopic (exact) mass is 277 g/mol. The normalized spacial score (nSPS) is 18.6. The van der Waals surface area contributed by atoms with Crippen molar-refractivity contribution in [2.24, 2.45) is 0 Å². The fraction of sp³-hybridized carbons (Fsp3) is 0.385. The highest BCUT2D eigenvalue weighted by atomic mass is 32.2. The maximum absolute atomic E-state index is 5.79. The molecule has 19 heavy (non-hydrogen) atoms. The Morgan fingerprint density at radius 2 is 2.32 bits per heavy atom. The van der Waals surface area contributed by atoms with Crippen molar-refractivity contribution in [3.05, 3.63) is 36.0 Å². The van der Waals surface area contributed by atoms with Gasteiger partial charge in [-0.15, -0.1) is 0 Å². The van der Waals surface area contributed by atoms with E-state index in [0.717, 1.165) is 12.2 Å². The molecule has 0 radical (unpaired) electrons. The van der Waals surface area contributed by atoms with Gasteiger partial charge in [0.1, 0.15) is 5.75 Å². The fourth-order valence-electron chi connectivity index (χ4n) is 1.99. The van der Waals surface area contributed by atoms with E-state index in [1.807, 2.05) is 30.0 Å². The second-order valence-electron chi connectivity index (χ2n) is 4.37. The average Bonchev–Trinajstić information content (AvgIpc) is 3.09. The molecule has 2 N–H and O–H groups in total. The molecule has 2 heterocycles. The number of hydrogen-bond donors (Lipinski definition) is 1. The van der Waals surface area contributed by atoms with Crippen LogP contribution in [0, 0.1) is 0 Å². The Hall–Kier alpha value is -1.69. The second kappa shape index (κ2) is 5.52. The van der Waals surface area contributed by atoms with Crippen molar-refractivity contribution < 1.29 is 9.26 Å². The van der Waals surface area contributed by atoms with Gasteiger partial charge in [-0.05, 0) is 30.7 Å². The molecule has 1 fully saturated rings. The molecule has 5 nitrogen and oxygen atoms in total. The Kier molecular flexibility index (Phi) is 3.59. The smallest absolute Gasteiger partial charge is 0.264 e. The standard InChI is InChI=1S/C13H15N3O2S/c14-9-4-1-2-5-10(9)17-8-12-15-13(16-18-12)11-6-3-7-19-11/h1-2,4-5,11H,3,6-8,14H2. The number of ether oxygens (including phenoxy) is 1. The number of thioether (sulfide) groups is 1. The third-order valence-electron chi connectivity index (χ3n) is 2.97. The number of anilines is 1. The van der Waals surface area contributed by atoms with Crippen LogP contribution in [0.15, 0.2) is 28.8 Å². The number of nitrogens with two attached hydrogens (primary N) is 1. The maximum atomic E-state index is 5.79. The molecule has 2 aromatic rings. The van der Waals surface area contributed by atoms with E-state index in [9.17, 15) is 0 Å². The highest BCUT2D eigenvalue weighted by Gasteiger charge is 2.23. The molecule has 0 spiro atoms. The lowest BCUT2D eigenvalue weighted by Gasteiger charge is -2.05. The largest absolute Gasteiger partial charge is 0.482 e. The van der Waals surface area contributed by atoms with E-state index in [1.54, 1.807) is 6.07 Å². The quantitative estimate of drug-likeness (QED) is 0.866. The van der Waals surface area contributed by atoms with E-state index < -0.39 is 0 Å². The summed E-state index contributed by atoms with van der Waals surface area (Å²) in [6, 6.07) is 7.35. The zero-order valence-electron chi connectivity index (χ0n) is 10.4. The molecule has 0 saturated carbocycles. The fourth-order valence-corrected chi connectivity index (χ4v) is 3.19. The van der Waals surface area contributed by atoms with Crippen molar-refractivity contribution in [3.63, 3.8) is 0 Å². The first-order chi connectivity index (χ1) is 9.33. The van der Waals surface area contributed by atoms with E-state index in [2.05, 4.69) is 10.1 Å². The number of nitrogen functional groups attached to an aromatic ring is 1. The van der Waals surface area contributed by atoms with Gasteiger partial charge in [0, 0.05) is 0 Å². The van der Waals surface area contributed by atoms with Gasteiger partial charge in [0.2, 0.25) is 0 Å². The summed E-state index contributed by atoms with van der Waals surface area (Å²) >= 11 is 1.88. The Balaban J connectivity index is 1.63. The van der Waals surface area contributed by atoms with Gasteiger partial charge in [-0.25, -0.2) is 0 Å². The lowest BCUT2D eigenvalue weighted by atomic mass is 10.2. The molecule has 1 atom stereocenters. The number of para-hydroxylation sites is 2. The van der Waals surface area contributed by atoms with Gasteiger partial charge in [-0.3, -0.25) is 0 Å². The lowest BCUT2D eigenvalue weighted by Crippen LogP contribution is -1.99. The first kappa shape index (κ1) is 12.3. The van der Waals surface area contributed by atoms with Crippen LogP contribution in [0.4, 0.5) is 5.69 Å². The van der Waals surface area contributed by atoms with Gasteiger partial charge >= 0.3 is 0 Å². The molecule has 0 aliphatic carbocycles. The SMILES string of the molecule is Nc1ccccc1OCc1nc(C2CCCS2)no1. The molecular weight excluding hydrogens is 262 g/mol. The topological polar surface area (TPSA) is 74.2 Å². The summed E-state index contributed by atoms with van der Waals surface area (Å²) in [5.74, 6) is 3.08. The van der Waals surface area contributed by atoms with Gasteiger partial charge in [-0.1, -0.05) is 17.3 Å². The minimum absolute atomic E-state index is 0.249. The summed E-state index contributed by atoms with van der Waals surface area (Å²) in [5.41, 5.74) is 6.40. The molecule has 1 aliphatic rings. The lowest BCUT2D eigenvalue weighted by molar-refractivity contribution is 0.243. The van der Waals surface area contributed by atoms with E-state index in [0.29, 0.717) is 22.6 Å². The van der Waals surface area contributed by atoms with Gasteiger partial charge in [0.25, 0.3) is 5.89 Å². The summed E-state index contributed by atoms with van der Waals surface area (Å²) in [6.07, 6.45) is 2.34. The summed E-state index contributed by atoms with van der Waals surface area (Å²) < 4.78 is 10.8. The van der Waals surface area contributed by atoms with Crippen LogP contribution < -0.4 is 10.5 Å². The van der Waals surface area contributed by atoms with Crippen LogP contribution in [-0.2, 0) is 6.61 Å². The summed E-state index contributed by atoms with van der Waals surface area (Å²) in [5, 5.41) is 4.39. The Bertz CT molecular complexity index is 552. The molecule has 1 aliphatic heterocycles. The molecule has 3 rings (SSSR count). The van der Waals surface area contributed by atoms with Crippen LogP contribution in [-0.4, -0.2) is 15.9 Å². The molecule has 0 amide bonds. The minimum atomic E-state index is 0.249. The van der Waals surface area contributed by atoms with E-state index in [1.165, 1.54) is 12.2 Å². The summed E-state index contributed by atoms with van der Waals surface area (Å²) in [6.45, 7) is 0.249. The van der Waals surface area contributed by atoms with Gasteiger partial charge in [0.15, 0.2) is 12.4 Å². The number of benzene rings is 1. The van der Waals surface area contributed by atoms with Crippen LogP contribution in [0.25, 0.3) is 0 Å².